The smallest absolute Gasteiger partial charge is 0.218 e. The zero-order valence-electron chi connectivity index (χ0n) is 4.93. The molecule has 0 heterocycles. The topological polar surface area (TPSA) is 20.3 Å². The Morgan fingerprint density at radius 2 is 2.38 bits per heavy atom. The molecular formula is C5H10INO. The van der Waals surface area contributed by atoms with Gasteiger partial charge in [0.15, 0.2) is 0 Å². The second-order valence-corrected chi connectivity index (χ2v) is 2.82. The van der Waals surface area contributed by atoms with Gasteiger partial charge >= 0.3 is 0 Å². The summed E-state index contributed by atoms with van der Waals surface area (Å²) in [5.41, 5.74) is 0. The first-order chi connectivity index (χ1) is 3.81. The molecule has 0 saturated heterocycles. The largest absolute Gasteiger partial charge is 0.288 e. The van der Waals surface area contributed by atoms with Crippen molar-refractivity contribution in [2.75, 3.05) is 6.54 Å². The molecule has 0 aliphatic rings. The SMILES string of the molecule is CCCCN(I)C=O. The standard InChI is InChI=1S/C5H10INO/c1-2-3-4-7(6)5-8/h5H,2-4H2,1H3. The molecule has 0 rings (SSSR count). The minimum atomic E-state index is 0.843. The summed E-state index contributed by atoms with van der Waals surface area (Å²) in [7, 11) is 0. The number of unbranched alkanes of at least 4 members (excludes halogenated alkanes) is 1. The van der Waals surface area contributed by atoms with Crippen LogP contribution in [-0.4, -0.2) is 16.1 Å². The lowest BCUT2D eigenvalue weighted by Crippen LogP contribution is -2.08. The van der Waals surface area contributed by atoms with E-state index in [-0.39, 0.29) is 0 Å². The van der Waals surface area contributed by atoms with Crippen LogP contribution in [-0.2, 0) is 4.79 Å². The molecule has 0 aromatic heterocycles. The fraction of sp³-hybridized carbons (Fsp3) is 0.800. The first kappa shape index (κ1) is 8.20. The van der Waals surface area contributed by atoms with Crippen LogP contribution in [0.1, 0.15) is 19.8 Å². The first-order valence-electron chi connectivity index (χ1n) is 2.69. The zero-order valence-corrected chi connectivity index (χ0v) is 7.09. The van der Waals surface area contributed by atoms with Gasteiger partial charge in [0.25, 0.3) is 0 Å². The van der Waals surface area contributed by atoms with Gasteiger partial charge in [-0.05, 0) is 6.42 Å². The van der Waals surface area contributed by atoms with Crippen LogP contribution in [0.25, 0.3) is 0 Å². The van der Waals surface area contributed by atoms with Crippen LogP contribution >= 0.6 is 22.9 Å². The summed E-state index contributed by atoms with van der Waals surface area (Å²) in [5.74, 6) is 0. The molecule has 8 heavy (non-hydrogen) atoms. The quantitative estimate of drug-likeness (QED) is 0.405. The molecule has 0 aliphatic carbocycles. The van der Waals surface area contributed by atoms with E-state index in [0.717, 1.165) is 25.8 Å². The van der Waals surface area contributed by atoms with Crippen molar-refractivity contribution in [1.82, 2.24) is 3.11 Å². The van der Waals surface area contributed by atoms with E-state index >= 15 is 0 Å². The minimum absolute atomic E-state index is 0.843. The summed E-state index contributed by atoms with van der Waals surface area (Å²) in [5, 5.41) is 0. The molecule has 0 radical (unpaired) electrons. The Morgan fingerprint density at radius 1 is 1.75 bits per heavy atom. The maximum absolute atomic E-state index is 9.93. The predicted octanol–water partition coefficient (Wildman–Crippen LogP) is 1.59. The number of carbonyl (C=O) groups is 1. The van der Waals surface area contributed by atoms with Crippen molar-refractivity contribution in [1.29, 1.82) is 0 Å². The Kier molecular flexibility index (Phi) is 5.47. The highest BCUT2D eigenvalue weighted by atomic mass is 127. The van der Waals surface area contributed by atoms with Gasteiger partial charge in [0.1, 0.15) is 0 Å². The number of carbonyl (C=O) groups excluding carboxylic acids is 1. The molecule has 0 unspecified atom stereocenters. The third kappa shape index (κ3) is 4.36. The van der Waals surface area contributed by atoms with Crippen molar-refractivity contribution in [2.24, 2.45) is 0 Å². The van der Waals surface area contributed by atoms with Crippen molar-refractivity contribution in [3.8, 4) is 0 Å². The number of hydrogen-bond acceptors (Lipinski definition) is 1. The number of halogens is 1. The van der Waals surface area contributed by atoms with Gasteiger partial charge in [0.2, 0.25) is 6.41 Å². The minimum Gasteiger partial charge on any atom is -0.288 e. The maximum atomic E-state index is 9.93. The van der Waals surface area contributed by atoms with Gasteiger partial charge in [0, 0.05) is 6.54 Å². The summed E-state index contributed by atoms with van der Waals surface area (Å²) >= 11 is 1.99. The van der Waals surface area contributed by atoms with Crippen LogP contribution in [0.5, 0.6) is 0 Å². The molecule has 3 heteroatoms. The first-order valence-corrected chi connectivity index (χ1v) is 3.65. The predicted molar refractivity (Wildman–Crippen MR) is 41.7 cm³/mol. The summed E-state index contributed by atoms with van der Waals surface area (Å²) < 4.78 is 1.63. The van der Waals surface area contributed by atoms with Crippen LogP contribution in [0.3, 0.4) is 0 Å². The van der Waals surface area contributed by atoms with Crippen LogP contribution in [0.4, 0.5) is 0 Å². The van der Waals surface area contributed by atoms with Crippen LogP contribution in [0.2, 0.25) is 0 Å². The molecule has 1 amide bonds. The molecule has 0 fully saturated rings. The molecule has 0 aromatic rings. The maximum Gasteiger partial charge on any atom is 0.218 e. The van der Waals surface area contributed by atoms with E-state index in [9.17, 15) is 4.79 Å². The fourth-order valence-electron chi connectivity index (χ4n) is 0.362. The van der Waals surface area contributed by atoms with Crippen molar-refractivity contribution in [2.45, 2.75) is 19.8 Å². The van der Waals surface area contributed by atoms with Gasteiger partial charge in [-0.15, -0.1) is 0 Å². The average molecular weight is 227 g/mol. The average Bonchev–Trinajstić information content (AvgIpc) is 1.83. The van der Waals surface area contributed by atoms with Gasteiger partial charge in [-0.1, -0.05) is 13.3 Å². The molecule has 0 N–H and O–H groups in total. The third-order valence-electron chi connectivity index (χ3n) is 0.840. The van der Waals surface area contributed by atoms with Crippen LogP contribution in [0.15, 0.2) is 0 Å². The highest BCUT2D eigenvalue weighted by Crippen LogP contribution is 1.96. The summed E-state index contributed by atoms with van der Waals surface area (Å²) in [6.45, 7) is 2.98. The second kappa shape index (κ2) is 5.34. The molecule has 0 saturated carbocycles. The van der Waals surface area contributed by atoms with E-state index in [1.807, 2.05) is 22.9 Å². The Morgan fingerprint density at radius 3 is 2.75 bits per heavy atom. The number of amides is 1. The van der Waals surface area contributed by atoms with E-state index in [2.05, 4.69) is 6.92 Å². The molecule has 0 aliphatic heterocycles. The Balaban J connectivity index is 2.98. The summed E-state index contributed by atoms with van der Waals surface area (Å²) in [4.78, 5) is 9.93. The molecule has 0 atom stereocenters. The lowest BCUT2D eigenvalue weighted by molar-refractivity contribution is -0.113. The van der Waals surface area contributed by atoms with Crippen LogP contribution < -0.4 is 0 Å². The second-order valence-electron chi connectivity index (χ2n) is 1.58. The van der Waals surface area contributed by atoms with E-state index in [0.29, 0.717) is 0 Å². The molecular weight excluding hydrogens is 217 g/mol. The van der Waals surface area contributed by atoms with Gasteiger partial charge in [-0.3, -0.25) is 7.91 Å². The van der Waals surface area contributed by atoms with E-state index in [1.165, 1.54) is 0 Å². The molecule has 0 aromatic carbocycles. The molecule has 48 valence electrons. The van der Waals surface area contributed by atoms with Gasteiger partial charge in [0.05, 0.1) is 22.9 Å². The monoisotopic (exact) mass is 227 g/mol. The molecule has 0 spiro atoms. The highest BCUT2D eigenvalue weighted by molar-refractivity contribution is 14.1. The van der Waals surface area contributed by atoms with E-state index in [4.69, 9.17) is 0 Å². The molecule has 2 nitrogen and oxygen atoms in total. The summed E-state index contributed by atoms with van der Waals surface area (Å²) in [6, 6.07) is 0. The van der Waals surface area contributed by atoms with Crippen molar-refractivity contribution in [3.63, 3.8) is 0 Å². The summed E-state index contributed by atoms with van der Waals surface area (Å²) in [6.07, 6.45) is 3.09. The normalized spacial score (nSPS) is 8.75. The number of hydrogen-bond donors (Lipinski definition) is 0. The highest BCUT2D eigenvalue weighted by Gasteiger charge is 1.90. The van der Waals surface area contributed by atoms with Gasteiger partial charge in [-0.25, -0.2) is 0 Å². The fourth-order valence-corrected chi connectivity index (χ4v) is 0.703. The van der Waals surface area contributed by atoms with Crippen molar-refractivity contribution >= 4 is 29.3 Å². The molecule has 0 bridgehead atoms. The Labute approximate surface area is 63.7 Å². The number of rotatable bonds is 4. The zero-order chi connectivity index (χ0) is 6.41. The van der Waals surface area contributed by atoms with Crippen LogP contribution in [0, 0.1) is 0 Å². The van der Waals surface area contributed by atoms with Gasteiger partial charge in [-0.2, -0.15) is 0 Å². The van der Waals surface area contributed by atoms with E-state index in [1.54, 1.807) is 3.11 Å². The lowest BCUT2D eigenvalue weighted by Gasteiger charge is -2.03. The van der Waals surface area contributed by atoms with E-state index < -0.39 is 0 Å². The third-order valence-corrected chi connectivity index (χ3v) is 1.55. The van der Waals surface area contributed by atoms with Crippen molar-refractivity contribution < 1.29 is 4.79 Å². The van der Waals surface area contributed by atoms with Crippen molar-refractivity contribution in [3.05, 3.63) is 0 Å². The lowest BCUT2D eigenvalue weighted by atomic mass is 10.3. The Bertz CT molecular complexity index is 67.4. The Hall–Kier alpha value is 0.200. The number of nitrogens with zero attached hydrogens (tertiary/aromatic N) is 1. The van der Waals surface area contributed by atoms with Gasteiger partial charge < -0.3 is 0 Å².